The van der Waals surface area contributed by atoms with Gasteiger partial charge in [0.15, 0.2) is 11.5 Å². The quantitative estimate of drug-likeness (QED) is 0.537. The molecule has 1 aliphatic heterocycles. The molecule has 2 aromatic carbocycles. The highest BCUT2D eigenvalue weighted by Gasteiger charge is 2.12. The van der Waals surface area contributed by atoms with Crippen molar-refractivity contribution >= 4 is 15.9 Å². The maximum Gasteiger partial charge on any atom is 0.162 e. The van der Waals surface area contributed by atoms with Crippen LogP contribution in [0, 0.1) is 6.92 Å². The number of benzene rings is 2. The molecule has 1 fully saturated rings. The molecule has 1 N–H and O–H groups in total. The van der Waals surface area contributed by atoms with Crippen molar-refractivity contribution in [3.05, 3.63) is 57.6 Å². The minimum absolute atomic E-state index is 0.518. The predicted molar refractivity (Wildman–Crippen MR) is 120 cm³/mol. The van der Waals surface area contributed by atoms with E-state index in [0.717, 1.165) is 73.0 Å². The molecule has 158 valence electrons. The van der Waals surface area contributed by atoms with E-state index in [-0.39, 0.29) is 0 Å². The molecule has 1 aliphatic rings. The Morgan fingerprint density at radius 1 is 1.07 bits per heavy atom. The van der Waals surface area contributed by atoms with Crippen molar-refractivity contribution in [3.63, 3.8) is 0 Å². The fraction of sp³-hybridized carbons (Fsp3) is 0.478. The van der Waals surface area contributed by atoms with E-state index in [9.17, 15) is 0 Å². The minimum Gasteiger partial charge on any atom is -0.490 e. The Morgan fingerprint density at radius 2 is 1.79 bits per heavy atom. The van der Waals surface area contributed by atoms with E-state index in [0.29, 0.717) is 13.2 Å². The first-order valence-corrected chi connectivity index (χ1v) is 11.1. The Morgan fingerprint density at radius 3 is 2.52 bits per heavy atom. The molecule has 3 rings (SSSR count). The van der Waals surface area contributed by atoms with Crippen molar-refractivity contribution in [2.45, 2.75) is 27.0 Å². The largest absolute Gasteiger partial charge is 0.490 e. The van der Waals surface area contributed by atoms with Crippen LogP contribution in [0.4, 0.5) is 0 Å². The maximum atomic E-state index is 6.06. The number of halogens is 1. The lowest BCUT2D eigenvalue weighted by atomic mass is 10.1. The van der Waals surface area contributed by atoms with Crippen molar-refractivity contribution < 1.29 is 14.2 Å². The van der Waals surface area contributed by atoms with E-state index in [4.69, 9.17) is 14.2 Å². The number of nitrogens with one attached hydrogen (secondary N) is 1. The Bertz CT molecular complexity index is 761. The summed E-state index contributed by atoms with van der Waals surface area (Å²) in [6.45, 7) is 11.7. The van der Waals surface area contributed by atoms with E-state index >= 15 is 0 Å². The summed E-state index contributed by atoms with van der Waals surface area (Å²) in [6.07, 6.45) is 0. The number of hydrogen-bond donors (Lipinski definition) is 1. The van der Waals surface area contributed by atoms with Gasteiger partial charge in [-0.25, -0.2) is 0 Å². The molecule has 1 saturated heterocycles. The molecule has 0 atom stereocenters. The molecule has 0 saturated carbocycles. The van der Waals surface area contributed by atoms with Gasteiger partial charge in [0, 0.05) is 37.2 Å². The molecule has 6 heteroatoms. The summed E-state index contributed by atoms with van der Waals surface area (Å²) in [5, 5.41) is 3.53. The molecule has 0 radical (unpaired) electrons. The van der Waals surface area contributed by atoms with E-state index in [1.807, 2.05) is 13.0 Å². The molecule has 0 aromatic heterocycles. The molecular formula is C23H31BrN2O3. The van der Waals surface area contributed by atoms with Crippen LogP contribution >= 0.6 is 15.9 Å². The topological polar surface area (TPSA) is 43.0 Å². The Kier molecular flexibility index (Phi) is 8.80. The molecule has 0 unspecified atom stereocenters. The predicted octanol–water partition coefficient (Wildman–Crippen LogP) is 4.16. The lowest BCUT2D eigenvalue weighted by Gasteiger charge is -2.26. The summed E-state index contributed by atoms with van der Waals surface area (Å²) in [6, 6.07) is 12.5. The Hall–Kier alpha value is -1.60. The summed E-state index contributed by atoms with van der Waals surface area (Å²) in [5.74, 6) is 1.55. The van der Waals surface area contributed by atoms with Crippen LogP contribution in [0.3, 0.4) is 0 Å². The zero-order chi connectivity index (χ0) is 20.5. The standard InChI is InChI=1S/C23H31BrN2O3/c1-3-28-22-14-20(16-25-8-9-26-10-12-27-13-11-26)21(24)15-23(22)29-17-19-6-4-18(2)5-7-19/h4-7,14-15,25H,3,8-13,16-17H2,1-2H3. The third-order valence-electron chi connectivity index (χ3n) is 4.95. The van der Waals surface area contributed by atoms with Gasteiger partial charge in [0.2, 0.25) is 0 Å². The second-order valence-electron chi connectivity index (χ2n) is 7.23. The normalized spacial score (nSPS) is 14.7. The van der Waals surface area contributed by atoms with Gasteiger partial charge in [0.05, 0.1) is 19.8 Å². The van der Waals surface area contributed by atoms with E-state index in [1.54, 1.807) is 0 Å². The van der Waals surface area contributed by atoms with Gasteiger partial charge in [-0.3, -0.25) is 4.90 Å². The molecule has 0 bridgehead atoms. The number of rotatable bonds is 10. The van der Waals surface area contributed by atoms with Crippen molar-refractivity contribution in [2.75, 3.05) is 46.0 Å². The van der Waals surface area contributed by atoms with Crippen molar-refractivity contribution in [1.29, 1.82) is 0 Å². The summed E-state index contributed by atoms with van der Waals surface area (Å²) < 4.78 is 18.3. The molecule has 29 heavy (non-hydrogen) atoms. The highest BCUT2D eigenvalue weighted by molar-refractivity contribution is 9.10. The van der Waals surface area contributed by atoms with Crippen LogP contribution in [0.1, 0.15) is 23.6 Å². The Labute approximate surface area is 182 Å². The first kappa shape index (κ1) is 22.1. The van der Waals surface area contributed by atoms with Crippen LogP contribution in [0.5, 0.6) is 11.5 Å². The summed E-state index contributed by atoms with van der Waals surface area (Å²) >= 11 is 3.69. The van der Waals surface area contributed by atoms with Gasteiger partial charge in [-0.1, -0.05) is 45.8 Å². The molecule has 5 nitrogen and oxygen atoms in total. The first-order valence-electron chi connectivity index (χ1n) is 10.3. The third-order valence-corrected chi connectivity index (χ3v) is 5.69. The lowest BCUT2D eigenvalue weighted by molar-refractivity contribution is 0.0384. The molecule has 0 aliphatic carbocycles. The van der Waals surface area contributed by atoms with E-state index in [1.165, 1.54) is 5.56 Å². The lowest BCUT2D eigenvalue weighted by Crippen LogP contribution is -2.40. The second kappa shape index (κ2) is 11.6. The fourth-order valence-electron chi connectivity index (χ4n) is 3.22. The monoisotopic (exact) mass is 462 g/mol. The number of nitrogens with zero attached hydrogens (tertiary/aromatic N) is 1. The SMILES string of the molecule is CCOc1cc(CNCCN2CCOCC2)c(Br)cc1OCc1ccc(C)cc1. The van der Waals surface area contributed by atoms with Crippen LogP contribution < -0.4 is 14.8 Å². The van der Waals surface area contributed by atoms with Gasteiger partial charge in [-0.05, 0) is 37.1 Å². The zero-order valence-electron chi connectivity index (χ0n) is 17.4. The summed E-state index contributed by atoms with van der Waals surface area (Å²) in [7, 11) is 0. The average molecular weight is 463 g/mol. The zero-order valence-corrected chi connectivity index (χ0v) is 19.0. The molecule has 1 heterocycles. The number of morpholine rings is 1. The highest BCUT2D eigenvalue weighted by Crippen LogP contribution is 2.34. The smallest absolute Gasteiger partial charge is 0.162 e. The molecule has 0 amide bonds. The minimum atomic E-state index is 0.518. The van der Waals surface area contributed by atoms with E-state index in [2.05, 4.69) is 63.4 Å². The van der Waals surface area contributed by atoms with Crippen LogP contribution in [-0.2, 0) is 17.9 Å². The summed E-state index contributed by atoms with van der Waals surface area (Å²) in [4.78, 5) is 2.43. The first-order chi connectivity index (χ1) is 14.2. The van der Waals surface area contributed by atoms with Crippen LogP contribution in [-0.4, -0.2) is 50.9 Å². The van der Waals surface area contributed by atoms with Gasteiger partial charge >= 0.3 is 0 Å². The molecule has 2 aromatic rings. The van der Waals surface area contributed by atoms with Gasteiger partial charge in [-0.15, -0.1) is 0 Å². The van der Waals surface area contributed by atoms with Crippen LogP contribution in [0.15, 0.2) is 40.9 Å². The number of ether oxygens (including phenoxy) is 3. The fourth-order valence-corrected chi connectivity index (χ4v) is 3.69. The Balaban J connectivity index is 1.56. The van der Waals surface area contributed by atoms with Gasteiger partial charge < -0.3 is 19.5 Å². The highest BCUT2D eigenvalue weighted by atomic mass is 79.9. The van der Waals surface area contributed by atoms with Gasteiger partial charge in [-0.2, -0.15) is 0 Å². The second-order valence-corrected chi connectivity index (χ2v) is 8.08. The summed E-state index contributed by atoms with van der Waals surface area (Å²) in [5.41, 5.74) is 3.55. The van der Waals surface area contributed by atoms with Crippen molar-refractivity contribution in [1.82, 2.24) is 10.2 Å². The number of aryl methyl sites for hydroxylation is 1. The van der Waals surface area contributed by atoms with Gasteiger partial charge in [0.25, 0.3) is 0 Å². The maximum absolute atomic E-state index is 6.06. The average Bonchev–Trinajstić information content (AvgIpc) is 2.74. The number of hydrogen-bond acceptors (Lipinski definition) is 5. The molecular weight excluding hydrogens is 432 g/mol. The third kappa shape index (κ3) is 7.00. The van der Waals surface area contributed by atoms with Crippen LogP contribution in [0.25, 0.3) is 0 Å². The van der Waals surface area contributed by atoms with E-state index < -0.39 is 0 Å². The van der Waals surface area contributed by atoms with Crippen LogP contribution in [0.2, 0.25) is 0 Å². The van der Waals surface area contributed by atoms with Crippen molar-refractivity contribution in [3.8, 4) is 11.5 Å². The van der Waals surface area contributed by atoms with Crippen molar-refractivity contribution in [2.24, 2.45) is 0 Å². The van der Waals surface area contributed by atoms with Gasteiger partial charge in [0.1, 0.15) is 6.61 Å². The molecule has 0 spiro atoms.